The number of nitrogens with one attached hydrogen (secondary N) is 2. The third-order valence-electron chi connectivity index (χ3n) is 5.56. The quantitative estimate of drug-likeness (QED) is 0.371. The van der Waals surface area contributed by atoms with E-state index in [4.69, 9.17) is 23.2 Å². The molecule has 182 valence electrons. The number of aromatic nitrogens is 1. The summed E-state index contributed by atoms with van der Waals surface area (Å²) in [6.45, 7) is 7.83. The highest BCUT2D eigenvalue weighted by Crippen LogP contribution is 2.24. The average Bonchev–Trinajstić information content (AvgIpc) is 3.21. The Morgan fingerprint density at radius 1 is 1.06 bits per heavy atom. The number of carbonyl (C=O) groups is 2. The SMILES string of the molecule is CCNC(=O)N(CC(=O)N(CCc1c[nH]c2ccccc12)Cc1ccc(Cl)c(Cl)c1)CC(C)C. The zero-order valence-corrected chi connectivity index (χ0v) is 21.4. The van der Waals surface area contributed by atoms with E-state index in [0.717, 1.165) is 22.0 Å². The summed E-state index contributed by atoms with van der Waals surface area (Å²) in [6.07, 6.45) is 2.68. The Bertz CT molecular complexity index is 1130. The molecule has 0 saturated carbocycles. The van der Waals surface area contributed by atoms with Crippen molar-refractivity contribution in [1.29, 1.82) is 0 Å². The van der Waals surface area contributed by atoms with E-state index in [9.17, 15) is 9.59 Å². The molecule has 0 bridgehead atoms. The van der Waals surface area contributed by atoms with Crippen LogP contribution in [-0.2, 0) is 17.8 Å². The van der Waals surface area contributed by atoms with E-state index in [1.807, 2.05) is 51.2 Å². The Balaban J connectivity index is 1.80. The summed E-state index contributed by atoms with van der Waals surface area (Å²) in [7, 11) is 0. The summed E-state index contributed by atoms with van der Waals surface area (Å²) in [4.78, 5) is 32.7. The Labute approximate surface area is 211 Å². The van der Waals surface area contributed by atoms with Gasteiger partial charge in [-0.25, -0.2) is 4.79 Å². The lowest BCUT2D eigenvalue weighted by Gasteiger charge is -2.29. The maximum Gasteiger partial charge on any atom is 0.317 e. The topological polar surface area (TPSA) is 68.4 Å². The molecule has 34 heavy (non-hydrogen) atoms. The van der Waals surface area contributed by atoms with Gasteiger partial charge >= 0.3 is 6.03 Å². The smallest absolute Gasteiger partial charge is 0.317 e. The number of urea groups is 1. The maximum atomic E-state index is 13.5. The molecule has 0 aliphatic rings. The van der Waals surface area contributed by atoms with Gasteiger partial charge in [0.25, 0.3) is 0 Å². The lowest BCUT2D eigenvalue weighted by atomic mass is 10.1. The van der Waals surface area contributed by atoms with Gasteiger partial charge in [0.2, 0.25) is 5.91 Å². The van der Waals surface area contributed by atoms with Crippen LogP contribution < -0.4 is 5.32 Å². The Morgan fingerprint density at radius 3 is 2.53 bits per heavy atom. The number of carbonyl (C=O) groups excluding carboxylic acids is 2. The van der Waals surface area contributed by atoms with Gasteiger partial charge in [0.1, 0.15) is 6.54 Å². The minimum Gasteiger partial charge on any atom is -0.361 e. The molecule has 0 unspecified atom stereocenters. The summed E-state index contributed by atoms with van der Waals surface area (Å²) in [5.74, 6) is 0.128. The van der Waals surface area contributed by atoms with Crippen molar-refractivity contribution < 1.29 is 9.59 Å². The van der Waals surface area contributed by atoms with E-state index in [1.54, 1.807) is 21.9 Å². The molecule has 8 heteroatoms. The summed E-state index contributed by atoms with van der Waals surface area (Å²) in [6, 6.07) is 13.3. The summed E-state index contributed by atoms with van der Waals surface area (Å²) in [5, 5.41) is 4.88. The number of fused-ring (bicyclic) bond motifs is 1. The van der Waals surface area contributed by atoms with Crippen molar-refractivity contribution in [2.24, 2.45) is 5.92 Å². The molecule has 0 aliphatic heterocycles. The third kappa shape index (κ3) is 6.90. The lowest BCUT2D eigenvalue weighted by Crippen LogP contribution is -2.48. The second-order valence-electron chi connectivity index (χ2n) is 8.78. The zero-order chi connectivity index (χ0) is 24.7. The first-order chi connectivity index (χ1) is 16.3. The molecular weight excluding hydrogens is 471 g/mol. The zero-order valence-electron chi connectivity index (χ0n) is 19.9. The van der Waals surface area contributed by atoms with Crippen molar-refractivity contribution in [1.82, 2.24) is 20.1 Å². The van der Waals surface area contributed by atoms with Gasteiger partial charge < -0.3 is 20.1 Å². The molecule has 0 spiro atoms. The molecule has 2 N–H and O–H groups in total. The van der Waals surface area contributed by atoms with Crippen LogP contribution in [-0.4, -0.2) is 52.9 Å². The van der Waals surface area contributed by atoms with E-state index >= 15 is 0 Å². The Kier molecular flexibility index (Phi) is 9.25. The van der Waals surface area contributed by atoms with Crippen LogP contribution in [0.2, 0.25) is 10.0 Å². The Hall–Kier alpha value is -2.70. The highest BCUT2D eigenvalue weighted by Gasteiger charge is 2.22. The van der Waals surface area contributed by atoms with E-state index < -0.39 is 0 Å². The molecule has 2 aromatic carbocycles. The monoisotopic (exact) mass is 502 g/mol. The van der Waals surface area contributed by atoms with E-state index in [1.165, 1.54) is 0 Å². The summed E-state index contributed by atoms with van der Waals surface area (Å²) >= 11 is 12.3. The van der Waals surface area contributed by atoms with Crippen LogP contribution >= 0.6 is 23.2 Å². The van der Waals surface area contributed by atoms with Crippen molar-refractivity contribution in [3.05, 3.63) is 69.8 Å². The number of hydrogen-bond acceptors (Lipinski definition) is 2. The molecule has 3 rings (SSSR count). The molecule has 1 aromatic heterocycles. The fourth-order valence-corrected chi connectivity index (χ4v) is 4.25. The first-order valence-corrected chi connectivity index (χ1v) is 12.3. The molecule has 6 nitrogen and oxygen atoms in total. The summed E-state index contributed by atoms with van der Waals surface area (Å²) < 4.78 is 0. The number of H-pyrrole nitrogens is 1. The van der Waals surface area contributed by atoms with Crippen molar-refractivity contribution in [3.63, 3.8) is 0 Å². The second-order valence-corrected chi connectivity index (χ2v) is 9.60. The fraction of sp³-hybridized carbons (Fsp3) is 0.385. The molecule has 0 radical (unpaired) electrons. The van der Waals surface area contributed by atoms with E-state index in [0.29, 0.717) is 42.6 Å². The van der Waals surface area contributed by atoms with E-state index in [2.05, 4.69) is 16.4 Å². The van der Waals surface area contributed by atoms with Crippen LogP contribution in [0.25, 0.3) is 10.9 Å². The van der Waals surface area contributed by atoms with Crippen LogP contribution in [0.15, 0.2) is 48.7 Å². The van der Waals surface area contributed by atoms with Crippen LogP contribution in [0.3, 0.4) is 0 Å². The van der Waals surface area contributed by atoms with E-state index in [-0.39, 0.29) is 24.4 Å². The normalized spacial score (nSPS) is 11.1. The molecular formula is C26H32Cl2N4O2. The number of hydrogen-bond donors (Lipinski definition) is 2. The number of aromatic amines is 1. The minimum absolute atomic E-state index is 0.0131. The average molecular weight is 503 g/mol. The lowest BCUT2D eigenvalue weighted by molar-refractivity contribution is -0.132. The number of rotatable bonds is 10. The van der Waals surface area contributed by atoms with Gasteiger partial charge in [-0.2, -0.15) is 0 Å². The third-order valence-corrected chi connectivity index (χ3v) is 6.30. The summed E-state index contributed by atoms with van der Waals surface area (Å²) in [5.41, 5.74) is 3.10. The van der Waals surface area contributed by atoms with Gasteiger partial charge in [-0.15, -0.1) is 0 Å². The molecule has 3 amide bonds. The predicted molar refractivity (Wildman–Crippen MR) is 139 cm³/mol. The first kappa shape index (κ1) is 25.9. The first-order valence-electron chi connectivity index (χ1n) is 11.6. The highest BCUT2D eigenvalue weighted by molar-refractivity contribution is 6.42. The van der Waals surface area contributed by atoms with Crippen molar-refractivity contribution in [2.45, 2.75) is 33.7 Å². The number of amides is 3. The number of halogens is 2. The molecule has 0 atom stereocenters. The van der Waals surface area contributed by atoms with Gasteiger partial charge in [-0.1, -0.05) is 61.3 Å². The van der Waals surface area contributed by atoms with Gasteiger partial charge in [0.15, 0.2) is 0 Å². The van der Waals surface area contributed by atoms with Crippen molar-refractivity contribution in [3.8, 4) is 0 Å². The van der Waals surface area contributed by atoms with Gasteiger partial charge in [-0.05, 0) is 48.6 Å². The largest absolute Gasteiger partial charge is 0.361 e. The molecule has 0 aliphatic carbocycles. The van der Waals surface area contributed by atoms with Crippen LogP contribution in [0.4, 0.5) is 4.79 Å². The molecule has 0 saturated heterocycles. The molecule has 1 heterocycles. The fourth-order valence-electron chi connectivity index (χ4n) is 3.93. The second kappa shape index (κ2) is 12.1. The number of benzene rings is 2. The number of nitrogens with zero attached hydrogens (tertiary/aromatic N) is 2. The van der Waals surface area contributed by atoms with Crippen molar-refractivity contribution in [2.75, 3.05) is 26.2 Å². The number of para-hydroxylation sites is 1. The van der Waals surface area contributed by atoms with Gasteiger partial charge in [0.05, 0.1) is 10.0 Å². The maximum absolute atomic E-state index is 13.5. The standard InChI is InChI=1S/C26H32Cl2N4O2/c1-4-29-26(34)32(15-18(2)3)17-25(33)31(16-19-9-10-22(27)23(28)13-19)12-11-20-14-30-24-8-6-5-7-21(20)24/h5-10,13-14,18,30H,4,11-12,15-17H2,1-3H3,(H,29,34). The van der Waals surface area contributed by atoms with Gasteiger partial charge in [-0.3, -0.25) is 4.79 Å². The van der Waals surface area contributed by atoms with Crippen LogP contribution in [0, 0.1) is 5.92 Å². The van der Waals surface area contributed by atoms with Crippen LogP contribution in [0.5, 0.6) is 0 Å². The van der Waals surface area contributed by atoms with Gasteiger partial charge in [0, 0.05) is 43.3 Å². The minimum atomic E-state index is -0.226. The predicted octanol–water partition coefficient (Wildman–Crippen LogP) is 5.73. The van der Waals surface area contributed by atoms with Crippen molar-refractivity contribution >= 4 is 46.0 Å². The molecule has 3 aromatic rings. The molecule has 0 fully saturated rings. The van der Waals surface area contributed by atoms with Crippen LogP contribution in [0.1, 0.15) is 31.9 Å². The Morgan fingerprint density at radius 2 is 1.82 bits per heavy atom. The highest BCUT2D eigenvalue weighted by atomic mass is 35.5.